The van der Waals surface area contributed by atoms with Gasteiger partial charge >= 0.3 is 0 Å². The quantitative estimate of drug-likeness (QED) is 0.925. The largest absolute Gasteiger partial charge is 0.294 e. The van der Waals surface area contributed by atoms with Crippen LogP contribution in [-0.2, 0) is 6.54 Å². The molecule has 0 aliphatic rings. The van der Waals surface area contributed by atoms with Gasteiger partial charge in [-0.2, -0.15) is 5.26 Å². The van der Waals surface area contributed by atoms with E-state index in [9.17, 15) is 8.78 Å². The number of nitrogens with zero attached hydrogens (tertiary/aromatic N) is 1. The van der Waals surface area contributed by atoms with Gasteiger partial charge in [0.2, 0.25) is 0 Å². The molecule has 0 bridgehead atoms. The van der Waals surface area contributed by atoms with Crippen LogP contribution in [0, 0.1) is 23.0 Å². The van der Waals surface area contributed by atoms with E-state index in [-0.39, 0.29) is 16.4 Å². The third-order valence-corrected chi connectivity index (χ3v) is 3.17. The van der Waals surface area contributed by atoms with Crippen molar-refractivity contribution in [3.8, 4) is 6.07 Å². The minimum Gasteiger partial charge on any atom is -0.294 e. The summed E-state index contributed by atoms with van der Waals surface area (Å²) in [6.45, 7) is 0.309. The molecule has 0 saturated heterocycles. The molecule has 2 nitrogen and oxygen atoms in total. The lowest BCUT2D eigenvalue weighted by atomic mass is 10.1. The lowest BCUT2D eigenvalue weighted by Crippen LogP contribution is -2.21. The SMILES string of the molecule is N#CC(NCc1ccc(F)cc1)c1c(F)cccc1Cl. The molecule has 0 aromatic heterocycles. The summed E-state index contributed by atoms with van der Waals surface area (Å²) in [5.74, 6) is -0.863. The zero-order chi connectivity index (χ0) is 14.5. The van der Waals surface area contributed by atoms with Crippen molar-refractivity contribution in [3.05, 3.63) is 70.2 Å². The third-order valence-electron chi connectivity index (χ3n) is 2.84. The van der Waals surface area contributed by atoms with E-state index in [1.54, 1.807) is 12.1 Å². The van der Waals surface area contributed by atoms with Crippen LogP contribution in [0.5, 0.6) is 0 Å². The standard InChI is InChI=1S/C15H11ClF2N2/c16-12-2-1-3-13(18)15(12)14(8-19)20-9-10-4-6-11(17)7-5-10/h1-7,14,20H,9H2. The second kappa shape index (κ2) is 6.47. The normalized spacial score (nSPS) is 11.9. The van der Waals surface area contributed by atoms with E-state index in [0.29, 0.717) is 6.54 Å². The van der Waals surface area contributed by atoms with Crippen molar-refractivity contribution < 1.29 is 8.78 Å². The van der Waals surface area contributed by atoms with Crippen molar-refractivity contribution in [3.63, 3.8) is 0 Å². The maximum absolute atomic E-state index is 13.7. The molecule has 102 valence electrons. The molecule has 1 atom stereocenters. The van der Waals surface area contributed by atoms with Gasteiger partial charge in [0.25, 0.3) is 0 Å². The summed E-state index contributed by atoms with van der Waals surface area (Å²) in [6, 6.07) is 11.2. The lowest BCUT2D eigenvalue weighted by molar-refractivity contribution is 0.561. The molecule has 2 aromatic carbocycles. The van der Waals surface area contributed by atoms with Gasteiger partial charge in [-0.05, 0) is 29.8 Å². The molecular formula is C15H11ClF2N2. The average Bonchev–Trinajstić information content (AvgIpc) is 2.44. The van der Waals surface area contributed by atoms with Gasteiger partial charge in [-0.25, -0.2) is 8.78 Å². The van der Waals surface area contributed by atoms with Crippen molar-refractivity contribution in [1.82, 2.24) is 5.32 Å². The summed E-state index contributed by atoms with van der Waals surface area (Å²) < 4.78 is 26.5. The minimum atomic E-state index is -0.867. The predicted octanol–water partition coefficient (Wildman–Crippen LogP) is 3.97. The summed E-state index contributed by atoms with van der Waals surface area (Å²) >= 11 is 5.92. The molecule has 0 amide bonds. The Bertz CT molecular complexity index is 615. The fourth-order valence-electron chi connectivity index (χ4n) is 1.82. The molecule has 2 aromatic rings. The number of nitriles is 1. The first-order chi connectivity index (χ1) is 9.61. The number of benzene rings is 2. The van der Waals surface area contributed by atoms with Crippen LogP contribution in [0.25, 0.3) is 0 Å². The summed E-state index contributed by atoms with van der Waals surface area (Å²) in [4.78, 5) is 0. The minimum absolute atomic E-state index is 0.124. The Balaban J connectivity index is 2.14. The average molecular weight is 293 g/mol. The Morgan fingerprint density at radius 2 is 1.85 bits per heavy atom. The van der Waals surface area contributed by atoms with E-state index in [4.69, 9.17) is 16.9 Å². The number of nitrogens with one attached hydrogen (secondary N) is 1. The topological polar surface area (TPSA) is 35.8 Å². The molecule has 0 aliphatic heterocycles. The van der Waals surface area contributed by atoms with Gasteiger partial charge in [-0.1, -0.05) is 29.8 Å². The van der Waals surface area contributed by atoms with E-state index in [1.165, 1.54) is 30.3 Å². The lowest BCUT2D eigenvalue weighted by Gasteiger charge is -2.14. The van der Waals surface area contributed by atoms with Crippen LogP contribution in [0.2, 0.25) is 5.02 Å². The monoisotopic (exact) mass is 292 g/mol. The van der Waals surface area contributed by atoms with Crippen molar-refractivity contribution >= 4 is 11.6 Å². The van der Waals surface area contributed by atoms with Crippen LogP contribution in [0.1, 0.15) is 17.2 Å². The molecule has 0 spiro atoms. The van der Waals surface area contributed by atoms with Gasteiger partial charge in [0.15, 0.2) is 0 Å². The highest BCUT2D eigenvalue weighted by Crippen LogP contribution is 2.25. The number of rotatable bonds is 4. The van der Waals surface area contributed by atoms with Crippen LogP contribution in [0.15, 0.2) is 42.5 Å². The second-order valence-electron chi connectivity index (χ2n) is 4.20. The zero-order valence-electron chi connectivity index (χ0n) is 10.4. The van der Waals surface area contributed by atoms with E-state index >= 15 is 0 Å². The fourth-order valence-corrected chi connectivity index (χ4v) is 2.09. The Hall–Kier alpha value is -1.96. The van der Waals surface area contributed by atoms with Gasteiger partial charge in [-0.3, -0.25) is 5.32 Å². The van der Waals surface area contributed by atoms with Gasteiger partial charge in [0, 0.05) is 17.1 Å². The highest BCUT2D eigenvalue weighted by molar-refractivity contribution is 6.31. The summed E-state index contributed by atoms with van der Waals surface area (Å²) in [6.07, 6.45) is 0. The van der Waals surface area contributed by atoms with Crippen LogP contribution in [0.3, 0.4) is 0 Å². The predicted molar refractivity (Wildman–Crippen MR) is 73.0 cm³/mol. The molecule has 1 N–H and O–H groups in total. The summed E-state index contributed by atoms with van der Waals surface area (Å²) in [5, 5.41) is 12.2. The Morgan fingerprint density at radius 1 is 1.15 bits per heavy atom. The van der Waals surface area contributed by atoms with Crippen molar-refractivity contribution in [1.29, 1.82) is 5.26 Å². The third kappa shape index (κ3) is 3.32. The van der Waals surface area contributed by atoms with Crippen LogP contribution in [0.4, 0.5) is 8.78 Å². The smallest absolute Gasteiger partial charge is 0.130 e. The Labute approximate surface area is 120 Å². The highest BCUT2D eigenvalue weighted by atomic mass is 35.5. The van der Waals surface area contributed by atoms with Gasteiger partial charge in [-0.15, -0.1) is 0 Å². The number of halogens is 3. The molecule has 2 rings (SSSR count). The fraction of sp³-hybridized carbons (Fsp3) is 0.133. The van der Waals surface area contributed by atoms with Crippen molar-refractivity contribution in [2.45, 2.75) is 12.6 Å². The first-order valence-corrected chi connectivity index (χ1v) is 6.31. The Kier molecular flexibility index (Phi) is 4.67. The number of hydrogen-bond acceptors (Lipinski definition) is 2. The van der Waals surface area contributed by atoms with E-state index < -0.39 is 11.9 Å². The molecule has 20 heavy (non-hydrogen) atoms. The molecule has 5 heteroatoms. The second-order valence-corrected chi connectivity index (χ2v) is 4.61. The maximum atomic E-state index is 13.7. The van der Waals surface area contributed by atoms with E-state index in [1.807, 2.05) is 6.07 Å². The van der Waals surface area contributed by atoms with E-state index in [0.717, 1.165) is 5.56 Å². The van der Waals surface area contributed by atoms with Gasteiger partial charge in [0.1, 0.15) is 17.7 Å². The molecule has 1 unspecified atom stereocenters. The number of hydrogen-bond donors (Lipinski definition) is 1. The first kappa shape index (κ1) is 14.4. The highest BCUT2D eigenvalue weighted by Gasteiger charge is 2.18. The van der Waals surface area contributed by atoms with Crippen LogP contribution in [-0.4, -0.2) is 0 Å². The summed E-state index contributed by atoms with van der Waals surface area (Å²) in [5.41, 5.74) is 0.915. The van der Waals surface area contributed by atoms with Gasteiger partial charge < -0.3 is 0 Å². The molecule has 0 aliphatic carbocycles. The van der Waals surface area contributed by atoms with Gasteiger partial charge in [0.05, 0.1) is 6.07 Å². The zero-order valence-corrected chi connectivity index (χ0v) is 11.2. The molecule has 0 radical (unpaired) electrons. The van der Waals surface area contributed by atoms with Crippen molar-refractivity contribution in [2.75, 3.05) is 0 Å². The first-order valence-electron chi connectivity index (χ1n) is 5.93. The Morgan fingerprint density at radius 3 is 2.45 bits per heavy atom. The van der Waals surface area contributed by atoms with Crippen LogP contribution < -0.4 is 5.32 Å². The van der Waals surface area contributed by atoms with Crippen molar-refractivity contribution in [2.24, 2.45) is 0 Å². The molecule has 0 saturated carbocycles. The molecule has 0 heterocycles. The molecule has 0 fully saturated rings. The summed E-state index contributed by atoms with van der Waals surface area (Å²) in [7, 11) is 0. The van der Waals surface area contributed by atoms with E-state index in [2.05, 4.69) is 5.32 Å². The van der Waals surface area contributed by atoms with Crippen LogP contribution >= 0.6 is 11.6 Å². The maximum Gasteiger partial charge on any atom is 0.130 e. The molecular weight excluding hydrogens is 282 g/mol.